The Morgan fingerprint density at radius 2 is 1.32 bits per heavy atom. The Kier molecular flexibility index (Phi) is 5.45. The first-order chi connectivity index (χ1) is 13.8. The Morgan fingerprint density at radius 3 is 2.14 bits per heavy atom. The molecule has 4 nitrogen and oxygen atoms in total. The summed E-state index contributed by atoms with van der Waals surface area (Å²) in [5, 5.41) is 8.14. The maximum absolute atomic E-state index is 12.3. The molecule has 0 bridgehead atoms. The number of anilines is 3. The van der Waals surface area contributed by atoms with Crippen LogP contribution < -0.4 is 15.4 Å². The molecule has 0 spiro atoms. The highest BCUT2D eigenvalue weighted by atomic mass is 32.2. The average Bonchev–Trinajstić information content (AvgIpc) is 2.73. The van der Waals surface area contributed by atoms with Gasteiger partial charge in [-0.3, -0.25) is 0 Å². The molecule has 3 N–H and O–H groups in total. The van der Waals surface area contributed by atoms with Crippen molar-refractivity contribution in [3.05, 3.63) is 97.1 Å². The van der Waals surface area contributed by atoms with Gasteiger partial charge in [-0.1, -0.05) is 60.7 Å². The van der Waals surface area contributed by atoms with Crippen LogP contribution in [0.1, 0.15) is 0 Å². The SMILES string of the molecule is O=C(Nc1ccccc1)Nc1ccccc1NSc1ccc2ccccc2c1. The fraction of sp³-hybridized carbons (Fsp3) is 0. The predicted molar refractivity (Wildman–Crippen MR) is 119 cm³/mol. The summed E-state index contributed by atoms with van der Waals surface area (Å²) in [5.41, 5.74) is 2.30. The highest BCUT2D eigenvalue weighted by Crippen LogP contribution is 2.29. The fourth-order valence-corrected chi connectivity index (χ4v) is 3.56. The highest BCUT2D eigenvalue weighted by molar-refractivity contribution is 8.00. The molecule has 4 rings (SSSR count). The molecule has 4 aromatic rings. The molecule has 5 heteroatoms. The molecular weight excluding hydrogens is 366 g/mol. The quantitative estimate of drug-likeness (QED) is 0.339. The molecule has 0 atom stereocenters. The minimum absolute atomic E-state index is 0.281. The number of fused-ring (bicyclic) bond motifs is 1. The Bertz CT molecular complexity index is 1100. The fourth-order valence-electron chi connectivity index (χ4n) is 2.83. The van der Waals surface area contributed by atoms with Crippen LogP contribution in [-0.4, -0.2) is 6.03 Å². The van der Waals surface area contributed by atoms with Crippen molar-refractivity contribution in [1.82, 2.24) is 0 Å². The second-order valence-electron chi connectivity index (χ2n) is 6.20. The van der Waals surface area contributed by atoms with Crippen molar-refractivity contribution >= 4 is 45.8 Å². The van der Waals surface area contributed by atoms with Gasteiger partial charge in [-0.2, -0.15) is 0 Å². The summed E-state index contributed by atoms with van der Waals surface area (Å²) in [4.78, 5) is 13.4. The molecule has 0 radical (unpaired) electrons. The van der Waals surface area contributed by atoms with Crippen LogP contribution in [0.3, 0.4) is 0 Å². The minimum Gasteiger partial charge on any atom is -0.324 e. The number of hydrogen-bond acceptors (Lipinski definition) is 3. The van der Waals surface area contributed by atoms with Crippen molar-refractivity contribution in [3.8, 4) is 0 Å². The van der Waals surface area contributed by atoms with Crippen molar-refractivity contribution in [3.63, 3.8) is 0 Å². The Labute approximate surface area is 168 Å². The van der Waals surface area contributed by atoms with E-state index in [2.05, 4.69) is 45.7 Å². The van der Waals surface area contributed by atoms with Crippen LogP contribution in [0.4, 0.5) is 21.9 Å². The standard InChI is InChI=1S/C23H19N3OS/c27-23(24-19-10-2-1-3-11-19)25-21-12-6-7-13-22(21)26-28-20-15-14-17-8-4-5-9-18(17)16-20/h1-16,26H,(H2,24,25,27). The molecule has 2 amide bonds. The zero-order valence-corrected chi connectivity index (χ0v) is 15.9. The van der Waals surface area contributed by atoms with Gasteiger partial charge in [0, 0.05) is 10.6 Å². The zero-order valence-electron chi connectivity index (χ0n) is 15.1. The van der Waals surface area contributed by atoms with Crippen LogP contribution in [-0.2, 0) is 0 Å². The van der Waals surface area contributed by atoms with Gasteiger partial charge in [0.1, 0.15) is 0 Å². The number of hydrogen-bond donors (Lipinski definition) is 3. The highest BCUT2D eigenvalue weighted by Gasteiger charge is 2.07. The van der Waals surface area contributed by atoms with Crippen LogP contribution in [0.2, 0.25) is 0 Å². The number of benzene rings is 4. The molecule has 0 unspecified atom stereocenters. The van der Waals surface area contributed by atoms with Crippen molar-refractivity contribution in [1.29, 1.82) is 0 Å². The third-order valence-corrected chi connectivity index (χ3v) is 5.02. The molecule has 0 fully saturated rings. The van der Waals surface area contributed by atoms with E-state index in [0.717, 1.165) is 16.3 Å². The van der Waals surface area contributed by atoms with E-state index in [1.165, 1.54) is 22.7 Å². The molecule has 4 aromatic carbocycles. The molecule has 0 heterocycles. The summed E-state index contributed by atoms with van der Waals surface area (Å²) in [6.07, 6.45) is 0. The lowest BCUT2D eigenvalue weighted by Gasteiger charge is -2.13. The topological polar surface area (TPSA) is 53.2 Å². The number of carbonyl (C=O) groups is 1. The minimum atomic E-state index is -0.281. The zero-order chi connectivity index (χ0) is 19.2. The summed E-state index contributed by atoms with van der Waals surface area (Å²) in [5.74, 6) is 0. The van der Waals surface area contributed by atoms with Gasteiger partial charge in [-0.05, 0) is 59.1 Å². The summed E-state index contributed by atoms with van der Waals surface area (Å²) < 4.78 is 3.34. The van der Waals surface area contributed by atoms with Crippen molar-refractivity contribution in [2.45, 2.75) is 4.90 Å². The van der Waals surface area contributed by atoms with Crippen LogP contribution in [0.15, 0.2) is 102 Å². The van der Waals surface area contributed by atoms with E-state index < -0.39 is 0 Å². The summed E-state index contributed by atoms with van der Waals surface area (Å²) in [7, 11) is 0. The first kappa shape index (κ1) is 17.9. The Hall–Kier alpha value is -3.44. The first-order valence-electron chi connectivity index (χ1n) is 8.92. The molecule has 0 aliphatic rings. The van der Waals surface area contributed by atoms with E-state index in [1.807, 2.05) is 66.7 Å². The van der Waals surface area contributed by atoms with Gasteiger partial charge >= 0.3 is 6.03 Å². The molecule has 0 aromatic heterocycles. The van der Waals surface area contributed by atoms with Gasteiger partial charge in [0.15, 0.2) is 0 Å². The van der Waals surface area contributed by atoms with E-state index in [4.69, 9.17) is 0 Å². The molecule has 0 saturated heterocycles. The third kappa shape index (κ3) is 4.45. The third-order valence-electron chi connectivity index (χ3n) is 4.21. The number of carbonyl (C=O) groups excluding carboxylic acids is 1. The first-order valence-corrected chi connectivity index (χ1v) is 9.73. The lowest BCUT2D eigenvalue weighted by molar-refractivity contribution is 0.262. The van der Waals surface area contributed by atoms with E-state index in [9.17, 15) is 4.79 Å². The summed E-state index contributed by atoms with van der Waals surface area (Å²) >= 11 is 1.51. The van der Waals surface area contributed by atoms with E-state index >= 15 is 0 Å². The molecule has 138 valence electrons. The number of para-hydroxylation sites is 3. The van der Waals surface area contributed by atoms with Crippen molar-refractivity contribution in [2.75, 3.05) is 15.4 Å². The summed E-state index contributed by atoms with van der Waals surface area (Å²) in [6.45, 7) is 0. The van der Waals surface area contributed by atoms with Gasteiger partial charge in [0.25, 0.3) is 0 Å². The van der Waals surface area contributed by atoms with Crippen LogP contribution >= 0.6 is 11.9 Å². The number of urea groups is 1. The molecular formula is C23H19N3OS. The Morgan fingerprint density at radius 1 is 0.643 bits per heavy atom. The van der Waals surface area contributed by atoms with Gasteiger partial charge < -0.3 is 15.4 Å². The lowest BCUT2D eigenvalue weighted by Crippen LogP contribution is -2.19. The van der Waals surface area contributed by atoms with Gasteiger partial charge in [0.05, 0.1) is 11.4 Å². The second-order valence-corrected chi connectivity index (χ2v) is 7.08. The van der Waals surface area contributed by atoms with Gasteiger partial charge in [-0.15, -0.1) is 0 Å². The largest absolute Gasteiger partial charge is 0.324 e. The average molecular weight is 385 g/mol. The van der Waals surface area contributed by atoms with Crippen LogP contribution in [0.25, 0.3) is 10.8 Å². The maximum atomic E-state index is 12.3. The summed E-state index contributed by atoms with van der Waals surface area (Å²) in [6, 6.07) is 31.3. The van der Waals surface area contributed by atoms with E-state index in [0.29, 0.717) is 5.69 Å². The van der Waals surface area contributed by atoms with Crippen LogP contribution in [0.5, 0.6) is 0 Å². The van der Waals surface area contributed by atoms with Crippen molar-refractivity contribution in [2.24, 2.45) is 0 Å². The molecule has 0 aliphatic heterocycles. The van der Waals surface area contributed by atoms with E-state index in [-0.39, 0.29) is 6.03 Å². The van der Waals surface area contributed by atoms with Crippen LogP contribution in [0, 0.1) is 0 Å². The second kappa shape index (κ2) is 8.50. The molecule has 28 heavy (non-hydrogen) atoms. The van der Waals surface area contributed by atoms with Crippen molar-refractivity contribution < 1.29 is 4.79 Å². The monoisotopic (exact) mass is 385 g/mol. The number of rotatable bonds is 5. The Balaban J connectivity index is 1.44. The molecule has 0 saturated carbocycles. The van der Waals surface area contributed by atoms with Gasteiger partial charge in [0.2, 0.25) is 0 Å². The normalized spacial score (nSPS) is 10.4. The van der Waals surface area contributed by atoms with E-state index in [1.54, 1.807) is 0 Å². The lowest BCUT2D eigenvalue weighted by atomic mass is 10.1. The number of nitrogens with one attached hydrogen (secondary N) is 3. The van der Waals surface area contributed by atoms with Gasteiger partial charge in [-0.25, -0.2) is 4.79 Å². The maximum Gasteiger partial charge on any atom is 0.323 e. The molecule has 0 aliphatic carbocycles. The predicted octanol–water partition coefficient (Wildman–Crippen LogP) is 6.60. The smallest absolute Gasteiger partial charge is 0.323 e. The number of amides is 2.